The first kappa shape index (κ1) is 17.5. The molecule has 6 nitrogen and oxygen atoms in total. The van der Waals surface area contributed by atoms with E-state index in [2.05, 4.69) is 5.32 Å². The number of nitro groups is 1. The number of benzene rings is 2. The molecule has 0 saturated heterocycles. The molecule has 0 unspecified atom stereocenters. The molecule has 0 aliphatic heterocycles. The smallest absolute Gasteiger partial charge is 0.269 e. The van der Waals surface area contributed by atoms with Crippen LogP contribution in [0.5, 0.6) is 5.75 Å². The third-order valence-corrected chi connectivity index (χ3v) is 3.37. The van der Waals surface area contributed by atoms with Gasteiger partial charge < -0.3 is 10.1 Å². The molecular weight excluding hydrogens is 308 g/mol. The number of carbonyl (C=O) groups is 1. The monoisotopic (exact) mass is 328 g/mol. The fraction of sp³-hybridized carbons (Fsp3) is 0.278. The van der Waals surface area contributed by atoms with E-state index in [4.69, 9.17) is 4.74 Å². The minimum Gasteiger partial charge on any atom is -0.492 e. The maximum atomic E-state index is 12.5. The van der Waals surface area contributed by atoms with Crippen LogP contribution in [0.1, 0.15) is 29.8 Å². The van der Waals surface area contributed by atoms with E-state index in [1.165, 1.54) is 18.2 Å². The number of carbonyl (C=O) groups excluding carboxylic acids is 1. The van der Waals surface area contributed by atoms with Gasteiger partial charge in [-0.15, -0.1) is 0 Å². The van der Waals surface area contributed by atoms with Gasteiger partial charge in [-0.25, -0.2) is 0 Å². The number of hydrogen-bond donors (Lipinski definition) is 1. The molecule has 0 radical (unpaired) electrons. The lowest BCUT2D eigenvalue weighted by molar-refractivity contribution is -0.384. The van der Waals surface area contributed by atoms with Crippen LogP contribution >= 0.6 is 0 Å². The number of rotatable bonds is 6. The van der Waals surface area contributed by atoms with Gasteiger partial charge in [0.1, 0.15) is 5.75 Å². The predicted molar refractivity (Wildman–Crippen MR) is 92.6 cm³/mol. The molecule has 2 rings (SSSR count). The van der Waals surface area contributed by atoms with Crippen molar-refractivity contribution in [1.29, 1.82) is 0 Å². The summed E-state index contributed by atoms with van der Waals surface area (Å²) in [5.74, 6) is 0.549. The number of hydrogen-bond acceptors (Lipinski definition) is 4. The van der Waals surface area contributed by atoms with Crippen molar-refractivity contribution in [3.05, 3.63) is 63.7 Å². The number of aryl methyl sites for hydroxylation is 1. The van der Waals surface area contributed by atoms with Crippen molar-refractivity contribution in [2.45, 2.75) is 20.8 Å². The van der Waals surface area contributed by atoms with Crippen molar-refractivity contribution in [1.82, 2.24) is 0 Å². The van der Waals surface area contributed by atoms with E-state index in [1.54, 1.807) is 25.1 Å². The molecule has 0 aliphatic rings. The summed E-state index contributed by atoms with van der Waals surface area (Å²) in [6.07, 6.45) is 0. The van der Waals surface area contributed by atoms with Gasteiger partial charge in [0.25, 0.3) is 11.6 Å². The Labute approximate surface area is 140 Å². The molecule has 0 fully saturated rings. The average molecular weight is 328 g/mol. The van der Waals surface area contributed by atoms with Gasteiger partial charge in [-0.1, -0.05) is 26.0 Å². The Morgan fingerprint density at radius 3 is 2.58 bits per heavy atom. The lowest BCUT2D eigenvalue weighted by Gasteiger charge is -2.14. The van der Waals surface area contributed by atoms with Crippen LogP contribution < -0.4 is 10.1 Å². The maximum Gasteiger partial charge on any atom is 0.269 e. The Morgan fingerprint density at radius 2 is 1.96 bits per heavy atom. The fourth-order valence-electron chi connectivity index (χ4n) is 2.13. The highest BCUT2D eigenvalue weighted by Gasteiger charge is 2.15. The Kier molecular flexibility index (Phi) is 5.52. The molecule has 0 bridgehead atoms. The van der Waals surface area contributed by atoms with E-state index in [9.17, 15) is 14.9 Å². The summed E-state index contributed by atoms with van der Waals surface area (Å²) in [5.41, 5.74) is 1.57. The van der Waals surface area contributed by atoms with Gasteiger partial charge in [0.2, 0.25) is 0 Å². The highest BCUT2D eigenvalue weighted by molar-refractivity contribution is 6.06. The van der Waals surface area contributed by atoms with Crippen molar-refractivity contribution in [2.24, 2.45) is 5.92 Å². The third-order valence-electron chi connectivity index (χ3n) is 3.37. The largest absolute Gasteiger partial charge is 0.492 e. The molecule has 2 aromatic rings. The van der Waals surface area contributed by atoms with Gasteiger partial charge in [-0.2, -0.15) is 0 Å². The van der Waals surface area contributed by atoms with Crippen LogP contribution in [0.3, 0.4) is 0 Å². The minimum absolute atomic E-state index is 0.00818. The third kappa shape index (κ3) is 4.32. The average Bonchev–Trinajstić information content (AvgIpc) is 2.54. The molecule has 0 heterocycles. The van der Waals surface area contributed by atoms with Gasteiger partial charge in [-0.05, 0) is 36.6 Å². The zero-order chi connectivity index (χ0) is 17.7. The van der Waals surface area contributed by atoms with Crippen LogP contribution in [-0.2, 0) is 0 Å². The number of nitrogens with one attached hydrogen (secondary N) is 1. The molecule has 0 saturated carbocycles. The van der Waals surface area contributed by atoms with Gasteiger partial charge >= 0.3 is 0 Å². The lowest BCUT2D eigenvalue weighted by Crippen LogP contribution is -2.15. The second-order valence-corrected chi connectivity index (χ2v) is 5.91. The summed E-state index contributed by atoms with van der Waals surface area (Å²) >= 11 is 0. The highest BCUT2D eigenvalue weighted by Crippen LogP contribution is 2.24. The number of para-hydroxylation sites is 1. The summed E-state index contributed by atoms with van der Waals surface area (Å²) in [4.78, 5) is 22.8. The second kappa shape index (κ2) is 7.59. The molecule has 0 atom stereocenters. The van der Waals surface area contributed by atoms with Crippen LogP contribution in [0.4, 0.5) is 11.4 Å². The molecule has 2 aromatic carbocycles. The normalized spacial score (nSPS) is 10.5. The maximum absolute atomic E-state index is 12.5. The fourth-order valence-corrected chi connectivity index (χ4v) is 2.13. The summed E-state index contributed by atoms with van der Waals surface area (Å²) in [6, 6.07) is 11.3. The number of nitrogens with zero attached hydrogens (tertiary/aromatic N) is 1. The summed E-state index contributed by atoms with van der Waals surface area (Å²) in [6.45, 7) is 6.29. The Bertz CT molecular complexity index is 756. The van der Waals surface area contributed by atoms with Crippen LogP contribution in [0, 0.1) is 23.0 Å². The van der Waals surface area contributed by atoms with E-state index in [0.29, 0.717) is 35.1 Å². The SMILES string of the molecule is Cc1cc([N+](=O)[O-])ccc1NC(=O)c1ccccc1OCC(C)C. The van der Waals surface area contributed by atoms with Gasteiger partial charge in [0.15, 0.2) is 0 Å². The molecule has 24 heavy (non-hydrogen) atoms. The molecule has 1 N–H and O–H groups in total. The molecule has 1 amide bonds. The Morgan fingerprint density at radius 1 is 1.25 bits per heavy atom. The quantitative estimate of drug-likeness (QED) is 0.637. The first-order chi connectivity index (χ1) is 11.4. The highest BCUT2D eigenvalue weighted by atomic mass is 16.6. The van der Waals surface area contributed by atoms with E-state index >= 15 is 0 Å². The number of amides is 1. The van der Waals surface area contributed by atoms with Gasteiger partial charge in [-0.3, -0.25) is 14.9 Å². The number of ether oxygens (including phenoxy) is 1. The van der Waals surface area contributed by atoms with Crippen molar-refractivity contribution >= 4 is 17.3 Å². The van der Waals surface area contributed by atoms with Crippen LogP contribution in [0.25, 0.3) is 0 Å². The molecule has 126 valence electrons. The molecule has 6 heteroatoms. The van der Waals surface area contributed by atoms with Crippen molar-refractivity contribution in [2.75, 3.05) is 11.9 Å². The van der Waals surface area contributed by atoms with E-state index in [-0.39, 0.29) is 11.6 Å². The van der Waals surface area contributed by atoms with E-state index < -0.39 is 4.92 Å². The van der Waals surface area contributed by atoms with Crippen LogP contribution in [-0.4, -0.2) is 17.4 Å². The molecule has 0 spiro atoms. The zero-order valence-corrected chi connectivity index (χ0v) is 13.9. The minimum atomic E-state index is -0.465. The zero-order valence-electron chi connectivity index (χ0n) is 13.9. The molecular formula is C18H20N2O4. The molecule has 0 aromatic heterocycles. The first-order valence-corrected chi connectivity index (χ1v) is 7.66. The topological polar surface area (TPSA) is 81.5 Å². The Hall–Kier alpha value is -2.89. The van der Waals surface area contributed by atoms with E-state index in [0.717, 1.165) is 0 Å². The Balaban J connectivity index is 2.20. The second-order valence-electron chi connectivity index (χ2n) is 5.91. The first-order valence-electron chi connectivity index (χ1n) is 7.66. The van der Waals surface area contributed by atoms with Crippen LogP contribution in [0.2, 0.25) is 0 Å². The number of nitro benzene ring substituents is 1. The predicted octanol–water partition coefficient (Wildman–Crippen LogP) is 4.19. The summed E-state index contributed by atoms with van der Waals surface area (Å²) < 4.78 is 5.69. The van der Waals surface area contributed by atoms with Crippen molar-refractivity contribution in [3.63, 3.8) is 0 Å². The van der Waals surface area contributed by atoms with E-state index in [1.807, 2.05) is 19.9 Å². The number of anilines is 1. The van der Waals surface area contributed by atoms with Crippen molar-refractivity contribution in [3.8, 4) is 5.75 Å². The molecule has 0 aliphatic carbocycles. The summed E-state index contributed by atoms with van der Waals surface area (Å²) in [5, 5.41) is 13.6. The number of non-ortho nitro benzene ring substituents is 1. The summed E-state index contributed by atoms with van der Waals surface area (Å²) in [7, 11) is 0. The van der Waals surface area contributed by atoms with Crippen LogP contribution in [0.15, 0.2) is 42.5 Å². The lowest BCUT2D eigenvalue weighted by atomic mass is 10.1. The standard InChI is InChI=1S/C18H20N2O4/c1-12(2)11-24-17-7-5-4-6-15(17)18(21)19-16-9-8-14(20(22)23)10-13(16)3/h4-10,12H,11H2,1-3H3,(H,19,21). The van der Waals surface area contributed by atoms with Gasteiger partial charge in [0.05, 0.1) is 17.1 Å². The van der Waals surface area contributed by atoms with Crippen molar-refractivity contribution < 1.29 is 14.5 Å². The van der Waals surface area contributed by atoms with Gasteiger partial charge in [0, 0.05) is 17.8 Å².